The number of carbonyl (C=O) groups excluding carboxylic acids is 2. The molecule has 0 N–H and O–H groups in total. The molecule has 0 aliphatic carbocycles. The molecule has 35 heavy (non-hydrogen) atoms. The largest absolute Gasteiger partial charge is 0.462 e. The van der Waals surface area contributed by atoms with E-state index in [1.54, 1.807) is 19.2 Å². The number of anilines is 1. The van der Waals surface area contributed by atoms with Gasteiger partial charge in [0.2, 0.25) is 0 Å². The maximum atomic E-state index is 13.4. The molecule has 9 heteroatoms. The zero-order chi connectivity index (χ0) is 24.4. The zero-order valence-electron chi connectivity index (χ0n) is 19.8. The number of hydrogen-bond donors (Lipinski definition) is 0. The highest BCUT2D eigenvalue weighted by molar-refractivity contribution is 7.20. The van der Waals surface area contributed by atoms with Gasteiger partial charge in [0.25, 0.3) is 5.91 Å². The average Bonchev–Trinajstić information content (AvgIpc) is 3.35. The number of para-hydroxylation sites is 1. The number of amides is 1. The molecule has 1 aromatic carbocycles. The van der Waals surface area contributed by atoms with E-state index >= 15 is 0 Å². The summed E-state index contributed by atoms with van der Waals surface area (Å²) in [7, 11) is 0. The predicted octanol–water partition coefficient (Wildman–Crippen LogP) is 4.32. The van der Waals surface area contributed by atoms with Crippen LogP contribution in [0.4, 0.5) is 5.82 Å². The number of thiophene rings is 1. The molecule has 1 aliphatic heterocycles. The van der Waals surface area contributed by atoms with E-state index in [2.05, 4.69) is 15.0 Å². The number of aromatic nitrogens is 3. The van der Waals surface area contributed by atoms with Crippen molar-refractivity contribution in [3.05, 3.63) is 70.9 Å². The standard InChI is InChI=1S/C26H27N5O3S/c1-3-34-26(33)19-10-11-23(27-17-19)29-12-7-13-30(15-14-29)24(32)22-16-21-18(2)28-31(25(21)35-22)20-8-5-4-6-9-20/h4-6,8-11,16-17H,3,7,12-15H2,1-2H3. The van der Waals surface area contributed by atoms with E-state index in [0.29, 0.717) is 31.8 Å². The van der Waals surface area contributed by atoms with Crippen LogP contribution < -0.4 is 4.90 Å². The van der Waals surface area contributed by atoms with Crippen molar-refractivity contribution < 1.29 is 14.3 Å². The van der Waals surface area contributed by atoms with Crippen LogP contribution in [0.1, 0.15) is 39.1 Å². The number of fused-ring (bicyclic) bond motifs is 1. The number of esters is 1. The third kappa shape index (κ3) is 4.64. The quantitative estimate of drug-likeness (QED) is 0.389. The Labute approximate surface area is 207 Å². The van der Waals surface area contributed by atoms with E-state index in [0.717, 1.165) is 45.3 Å². The van der Waals surface area contributed by atoms with Gasteiger partial charge in [-0.3, -0.25) is 4.79 Å². The molecule has 0 spiro atoms. The minimum Gasteiger partial charge on any atom is -0.462 e. The first-order valence-corrected chi connectivity index (χ1v) is 12.6. The summed E-state index contributed by atoms with van der Waals surface area (Å²) >= 11 is 1.49. The van der Waals surface area contributed by atoms with Gasteiger partial charge in [-0.25, -0.2) is 14.5 Å². The first-order chi connectivity index (χ1) is 17.0. The molecule has 5 rings (SSSR count). The minimum atomic E-state index is -0.367. The van der Waals surface area contributed by atoms with Crippen molar-refractivity contribution in [2.45, 2.75) is 20.3 Å². The molecule has 4 heterocycles. The Balaban J connectivity index is 1.30. The highest BCUT2D eigenvalue weighted by Crippen LogP contribution is 2.31. The average molecular weight is 490 g/mol. The number of aryl methyl sites for hydroxylation is 1. The van der Waals surface area contributed by atoms with Crippen molar-refractivity contribution in [1.29, 1.82) is 0 Å². The lowest BCUT2D eigenvalue weighted by molar-refractivity contribution is 0.0525. The molecular formula is C26H27N5O3S. The SMILES string of the molecule is CCOC(=O)c1ccc(N2CCCN(C(=O)c3cc4c(C)nn(-c5ccccc5)c4s3)CC2)nc1. The normalized spacial score (nSPS) is 14.2. The van der Waals surface area contributed by atoms with Crippen LogP contribution in [0.3, 0.4) is 0 Å². The van der Waals surface area contributed by atoms with Crippen LogP contribution in [-0.2, 0) is 4.74 Å². The molecule has 1 fully saturated rings. The van der Waals surface area contributed by atoms with Gasteiger partial charge in [0.15, 0.2) is 0 Å². The van der Waals surface area contributed by atoms with Crippen LogP contribution in [-0.4, -0.2) is 64.3 Å². The predicted molar refractivity (Wildman–Crippen MR) is 137 cm³/mol. The maximum Gasteiger partial charge on any atom is 0.339 e. The fraction of sp³-hybridized carbons (Fsp3) is 0.308. The Bertz CT molecular complexity index is 1350. The van der Waals surface area contributed by atoms with Gasteiger partial charge in [-0.15, -0.1) is 11.3 Å². The number of benzene rings is 1. The molecule has 1 saturated heterocycles. The number of pyridine rings is 1. The molecule has 0 radical (unpaired) electrons. The molecule has 8 nitrogen and oxygen atoms in total. The van der Waals surface area contributed by atoms with Gasteiger partial charge >= 0.3 is 5.97 Å². The topological polar surface area (TPSA) is 80.6 Å². The van der Waals surface area contributed by atoms with Crippen LogP contribution in [0.2, 0.25) is 0 Å². The van der Waals surface area contributed by atoms with E-state index in [-0.39, 0.29) is 11.9 Å². The molecule has 0 atom stereocenters. The lowest BCUT2D eigenvalue weighted by Gasteiger charge is -2.22. The van der Waals surface area contributed by atoms with E-state index in [4.69, 9.17) is 4.74 Å². The van der Waals surface area contributed by atoms with Crippen molar-refractivity contribution in [2.24, 2.45) is 0 Å². The summed E-state index contributed by atoms with van der Waals surface area (Å²) in [5.74, 6) is 0.485. The second-order valence-corrected chi connectivity index (χ2v) is 9.45. The Hall–Kier alpha value is -3.72. The highest BCUT2D eigenvalue weighted by atomic mass is 32.1. The number of ether oxygens (including phenoxy) is 1. The lowest BCUT2D eigenvalue weighted by Crippen LogP contribution is -2.35. The van der Waals surface area contributed by atoms with Gasteiger partial charge in [0, 0.05) is 37.8 Å². The molecule has 0 unspecified atom stereocenters. The van der Waals surface area contributed by atoms with E-state index in [1.807, 2.05) is 59.0 Å². The summed E-state index contributed by atoms with van der Waals surface area (Å²) in [6, 6.07) is 15.5. The Kier molecular flexibility index (Phi) is 6.50. The van der Waals surface area contributed by atoms with Gasteiger partial charge in [0.05, 0.1) is 28.4 Å². The van der Waals surface area contributed by atoms with Crippen LogP contribution >= 0.6 is 11.3 Å². The maximum absolute atomic E-state index is 13.4. The van der Waals surface area contributed by atoms with E-state index < -0.39 is 0 Å². The van der Waals surface area contributed by atoms with Crippen molar-refractivity contribution in [3.8, 4) is 5.69 Å². The third-order valence-electron chi connectivity index (χ3n) is 6.12. The second-order valence-electron chi connectivity index (χ2n) is 8.42. The molecule has 1 aliphatic rings. The van der Waals surface area contributed by atoms with Crippen LogP contribution in [0.25, 0.3) is 15.9 Å². The van der Waals surface area contributed by atoms with Crippen LogP contribution in [0, 0.1) is 6.92 Å². The number of carbonyl (C=O) groups is 2. The second kappa shape index (κ2) is 9.87. The van der Waals surface area contributed by atoms with Gasteiger partial charge < -0.3 is 14.5 Å². The highest BCUT2D eigenvalue weighted by Gasteiger charge is 2.24. The fourth-order valence-electron chi connectivity index (χ4n) is 4.31. The summed E-state index contributed by atoms with van der Waals surface area (Å²) in [6.07, 6.45) is 2.39. The van der Waals surface area contributed by atoms with Crippen LogP contribution in [0.5, 0.6) is 0 Å². The van der Waals surface area contributed by atoms with Gasteiger partial charge in [-0.1, -0.05) is 18.2 Å². The van der Waals surface area contributed by atoms with Crippen molar-refractivity contribution in [2.75, 3.05) is 37.7 Å². The Morgan fingerprint density at radius 2 is 1.89 bits per heavy atom. The molecule has 3 aromatic heterocycles. The van der Waals surface area contributed by atoms with Crippen LogP contribution in [0.15, 0.2) is 54.7 Å². The summed E-state index contributed by atoms with van der Waals surface area (Å²) in [6.45, 7) is 6.87. The van der Waals surface area contributed by atoms with Gasteiger partial charge in [-0.2, -0.15) is 5.10 Å². The van der Waals surface area contributed by atoms with Gasteiger partial charge in [0.1, 0.15) is 10.6 Å². The summed E-state index contributed by atoms with van der Waals surface area (Å²) in [5.41, 5.74) is 2.34. The monoisotopic (exact) mass is 489 g/mol. The minimum absolute atomic E-state index is 0.0534. The number of nitrogens with zero attached hydrogens (tertiary/aromatic N) is 5. The van der Waals surface area contributed by atoms with Crippen molar-refractivity contribution >= 4 is 39.2 Å². The fourth-order valence-corrected chi connectivity index (χ4v) is 5.46. The Morgan fingerprint density at radius 3 is 2.63 bits per heavy atom. The lowest BCUT2D eigenvalue weighted by atomic mass is 10.2. The van der Waals surface area contributed by atoms with Crippen molar-refractivity contribution in [3.63, 3.8) is 0 Å². The number of hydrogen-bond acceptors (Lipinski definition) is 7. The summed E-state index contributed by atoms with van der Waals surface area (Å²) < 4.78 is 6.95. The Morgan fingerprint density at radius 1 is 1.06 bits per heavy atom. The first-order valence-electron chi connectivity index (χ1n) is 11.8. The number of rotatable bonds is 5. The molecular weight excluding hydrogens is 462 g/mol. The van der Waals surface area contributed by atoms with Crippen molar-refractivity contribution in [1.82, 2.24) is 19.7 Å². The van der Waals surface area contributed by atoms with E-state index in [1.165, 1.54) is 11.3 Å². The molecule has 180 valence electrons. The van der Waals surface area contributed by atoms with E-state index in [9.17, 15) is 9.59 Å². The third-order valence-corrected chi connectivity index (χ3v) is 7.22. The smallest absolute Gasteiger partial charge is 0.339 e. The summed E-state index contributed by atoms with van der Waals surface area (Å²) in [5, 5.41) is 5.70. The summed E-state index contributed by atoms with van der Waals surface area (Å²) in [4.78, 5) is 35.6. The first kappa shape index (κ1) is 23.0. The molecule has 0 saturated carbocycles. The molecule has 0 bridgehead atoms. The molecule has 4 aromatic rings. The van der Waals surface area contributed by atoms with Gasteiger partial charge in [-0.05, 0) is 50.6 Å². The zero-order valence-corrected chi connectivity index (χ0v) is 20.6. The molecule has 1 amide bonds.